The monoisotopic (exact) mass is 336 g/mol. The van der Waals surface area contributed by atoms with E-state index >= 15 is 0 Å². The second-order valence-corrected chi connectivity index (χ2v) is 7.01. The fourth-order valence-electron chi connectivity index (χ4n) is 3.05. The Labute approximate surface area is 148 Å². The third kappa shape index (κ3) is 3.90. The van der Waals surface area contributed by atoms with Gasteiger partial charge in [-0.05, 0) is 42.7 Å². The smallest absolute Gasteiger partial charge is 0.229 e. The lowest BCUT2D eigenvalue weighted by atomic mass is 10.0. The number of nitrogens with zero attached hydrogens (tertiary/aromatic N) is 1. The number of anilines is 2. The lowest BCUT2D eigenvalue weighted by Gasteiger charge is -2.18. The van der Waals surface area contributed by atoms with Crippen molar-refractivity contribution in [3.8, 4) is 0 Å². The van der Waals surface area contributed by atoms with Crippen LogP contribution in [-0.4, -0.2) is 18.4 Å². The Morgan fingerprint density at radius 1 is 1.08 bits per heavy atom. The summed E-state index contributed by atoms with van der Waals surface area (Å²) in [5.41, 5.74) is 4.01. The summed E-state index contributed by atoms with van der Waals surface area (Å²) in [6, 6.07) is 15.7. The molecule has 1 N–H and O–H groups in total. The van der Waals surface area contributed by atoms with Crippen molar-refractivity contribution in [2.75, 3.05) is 16.8 Å². The molecule has 0 bridgehead atoms. The van der Waals surface area contributed by atoms with Crippen LogP contribution < -0.4 is 10.2 Å². The van der Waals surface area contributed by atoms with Gasteiger partial charge >= 0.3 is 0 Å². The van der Waals surface area contributed by atoms with Gasteiger partial charge in [0.2, 0.25) is 11.8 Å². The quantitative estimate of drug-likeness (QED) is 0.913. The number of aryl methyl sites for hydroxylation is 1. The van der Waals surface area contributed by atoms with Crippen molar-refractivity contribution in [3.63, 3.8) is 0 Å². The zero-order valence-electron chi connectivity index (χ0n) is 15.0. The largest absolute Gasteiger partial charge is 0.326 e. The fraction of sp³-hybridized carbons (Fsp3) is 0.333. The third-order valence-electron chi connectivity index (χ3n) is 4.69. The van der Waals surface area contributed by atoms with Gasteiger partial charge in [0.05, 0.1) is 5.92 Å². The number of rotatable bonds is 4. The van der Waals surface area contributed by atoms with E-state index in [2.05, 4.69) is 19.2 Å². The predicted octanol–water partition coefficient (Wildman–Crippen LogP) is 4.11. The maximum atomic E-state index is 12.5. The molecule has 4 nitrogen and oxygen atoms in total. The average molecular weight is 336 g/mol. The molecule has 0 saturated carbocycles. The van der Waals surface area contributed by atoms with Gasteiger partial charge in [-0.3, -0.25) is 9.59 Å². The van der Waals surface area contributed by atoms with Gasteiger partial charge in [0, 0.05) is 24.3 Å². The van der Waals surface area contributed by atoms with Gasteiger partial charge in [0.1, 0.15) is 0 Å². The average Bonchev–Trinajstić information content (AvgIpc) is 2.99. The van der Waals surface area contributed by atoms with Crippen LogP contribution in [0.4, 0.5) is 11.4 Å². The topological polar surface area (TPSA) is 49.4 Å². The van der Waals surface area contributed by atoms with Crippen molar-refractivity contribution in [1.82, 2.24) is 0 Å². The molecule has 1 aliphatic rings. The number of amides is 2. The SMILES string of the molecule is Cc1ccc(NC(=O)C2CC(=O)N(c3ccc(C(C)C)cc3)C2)cc1. The van der Waals surface area contributed by atoms with Crippen molar-refractivity contribution < 1.29 is 9.59 Å². The van der Waals surface area contributed by atoms with Crippen LogP contribution in [0.3, 0.4) is 0 Å². The standard InChI is InChI=1S/C21H24N2O2/c1-14(2)16-6-10-19(11-7-16)23-13-17(12-20(23)24)21(25)22-18-8-4-15(3)5-9-18/h4-11,14,17H,12-13H2,1-3H3,(H,22,25). The first-order valence-corrected chi connectivity index (χ1v) is 8.72. The van der Waals surface area contributed by atoms with Crippen LogP contribution in [0.1, 0.15) is 37.3 Å². The van der Waals surface area contributed by atoms with E-state index in [0.717, 1.165) is 16.9 Å². The van der Waals surface area contributed by atoms with Crippen LogP contribution in [-0.2, 0) is 9.59 Å². The van der Waals surface area contributed by atoms with Crippen LogP contribution in [0.25, 0.3) is 0 Å². The maximum Gasteiger partial charge on any atom is 0.229 e. The van der Waals surface area contributed by atoms with Gasteiger partial charge in [-0.25, -0.2) is 0 Å². The molecule has 2 aromatic carbocycles. The lowest BCUT2D eigenvalue weighted by Crippen LogP contribution is -2.28. The molecule has 1 fully saturated rings. The van der Waals surface area contributed by atoms with Crippen molar-refractivity contribution >= 4 is 23.2 Å². The minimum absolute atomic E-state index is 0.00125. The van der Waals surface area contributed by atoms with E-state index in [1.54, 1.807) is 4.90 Å². The summed E-state index contributed by atoms with van der Waals surface area (Å²) in [6.45, 7) is 6.71. The van der Waals surface area contributed by atoms with Crippen LogP contribution >= 0.6 is 0 Å². The van der Waals surface area contributed by atoms with Crippen LogP contribution in [0.5, 0.6) is 0 Å². The Hall–Kier alpha value is -2.62. The van der Waals surface area contributed by atoms with E-state index in [0.29, 0.717) is 12.5 Å². The van der Waals surface area contributed by atoms with E-state index in [4.69, 9.17) is 0 Å². The Morgan fingerprint density at radius 2 is 1.72 bits per heavy atom. The van der Waals surface area contributed by atoms with Crippen LogP contribution in [0.2, 0.25) is 0 Å². The van der Waals surface area contributed by atoms with Crippen molar-refractivity contribution in [3.05, 3.63) is 59.7 Å². The summed E-state index contributed by atoms with van der Waals surface area (Å²) in [5.74, 6) is 0.0369. The lowest BCUT2D eigenvalue weighted by molar-refractivity contribution is -0.122. The molecule has 1 unspecified atom stereocenters. The van der Waals surface area contributed by atoms with Gasteiger partial charge in [-0.15, -0.1) is 0 Å². The molecule has 1 heterocycles. The summed E-state index contributed by atoms with van der Waals surface area (Å²) in [4.78, 5) is 26.5. The molecule has 1 saturated heterocycles. The van der Waals surface area contributed by atoms with E-state index in [9.17, 15) is 9.59 Å². The van der Waals surface area contributed by atoms with Crippen LogP contribution in [0, 0.1) is 12.8 Å². The Bertz CT molecular complexity index is 763. The molecule has 0 aromatic heterocycles. The summed E-state index contributed by atoms with van der Waals surface area (Å²) >= 11 is 0. The Balaban J connectivity index is 1.67. The normalized spacial score (nSPS) is 17.2. The first-order valence-electron chi connectivity index (χ1n) is 8.72. The number of carbonyl (C=O) groups excluding carboxylic acids is 2. The molecule has 25 heavy (non-hydrogen) atoms. The summed E-state index contributed by atoms with van der Waals surface area (Å²) in [6.07, 6.45) is 0.254. The van der Waals surface area contributed by atoms with Crippen molar-refractivity contribution in [1.29, 1.82) is 0 Å². The van der Waals surface area contributed by atoms with E-state index in [1.165, 1.54) is 5.56 Å². The van der Waals surface area contributed by atoms with E-state index in [-0.39, 0.29) is 24.2 Å². The highest BCUT2D eigenvalue weighted by Crippen LogP contribution is 2.27. The summed E-state index contributed by atoms with van der Waals surface area (Å²) < 4.78 is 0. The van der Waals surface area contributed by atoms with Gasteiger partial charge < -0.3 is 10.2 Å². The predicted molar refractivity (Wildman–Crippen MR) is 101 cm³/mol. The number of nitrogens with one attached hydrogen (secondary N) is 1. The van der Waals surface area contributed by atoms with E-state index < -0.39 is 0 Å². The molecule has 0 radical (unpaired) electrons. The number of hydrogen-bond acceptors (Lipinski definition) is 2. The molecule has 130 valence electrons. The van der Waals surface area contributed by atoms with Gasteiger partial charge in [-0.1, -0.05) is 43.7 Å². The third-order valence-corrected chi connectivity index (χ3v) is 4.69. The van der Waals surface area contributed by atoms with Gasteiger partial charge in [0.15, 0.2) is 0 Å². The molecule has 3 rings (SSSR count). The summed E-state index contributed by atoms with van der Waals surface area (Å²) in [5, 5.41) is 2.91. The van der Waals surface area contributed by atoms with Crippen LogP contribution in [0.15, 0.2) is 48.5 Å². The molecule has 2 aromatic rings. The minimum atomic E-state index is -0.321. The molecule has 0 aliphatic carbocycles. The minimum Gasteiger partial charge on any atom is -0.326 e. The Morgan fingerprint density at radius 3 is 2.32 bits per heavy atom. The summed E-state index contributed by atoms with van der Waals surface area (Å²) in [7, 11) is 0. The second kappa shape index (κ2) is 7.09. The molecule has 1 atom stereocenters. The Kier molecular flexibility index (Phi) is 4.88. The fourth-order valence-corrected chi connectivity index (χ4v) is 3.05. The highest BCUT2D eigenvalue weighted by molar-refractivity contribution is 6.03. The van der Waals surface area contributed by atoms with Crippen molar-refractivity contribution in [2.45, 2.75) is 33.1 Å². The first-order chi connectivity index (χ1) is 11.9. The number of carbonyl (C=O) groups is 2. The molecular formula is C21H24N2O2. The van der Waals surface area contributed by atoms with E-state index in [1.807, 2.05) is 55.5 Å². The maximum absolute atomic E-state index is 12.5. The number of hydrogen-bond donors (Lipinski definition) is 1. The zero-order chi connectivity index (χ0) is 18.0. The van der Waals surface area contributed by atoms with Gasteiger partial charge in [0.25, 0.3) is 0 Å². The molecular weight excluding hydrogens is 312 g/mol. The number of benzene rings is 2. The molecule has 1 aliphatic heterocycles. The molecule has 4 heteroatoms. The molecule has 0 spiro atoms. The van der Waals surface area contributed by atoms with Crippen molar-refractivity contribution in [2.24, 2.45) is 5.92 Å². The first kappa shape index (κ1) is 17.2. The highest BCUT2D eigenvalue weighted by atomic mass is 16.2. The molecule has 2 amide bonds. The van der Waals surface area contributed by atoms with Gasteiger partial charge in [-0.2, -0.15) is 0 Å². The zero-order valence-corrected chi connectivity index (χ0v) is 15.0. The highest BCUT2D eigenvalue weighted by Gasteiger charge is 2.35. The second-order valence-electron chi connectivity index (χ2n) is 7.01.